The average Bonchev–Trinajstić information content (AvgIpc) is 2.71. The van der Waals surface area contributed by atoms with Crippen LogP contribution >= 0.6 is 0 Å². The predicted molar refractivity (Wildman–Crippen MR) is 83.9 cm³/mol. The number of amides is 1. The van der Waals surface area contributed by atoms with Gasteiger partial charge in [0.25, 0.3) is 0 Å². The van der Waals surface area contributed by atoms with E-state index >= 15 is 0 Å². The summed E-state index contributed by atoms with van der Waals surface area (Å²) < 4.78 is 0. The maximum absolute atomic E-state index is 12.2. The lowest BCUT2D eigenvalue weighted by molar-refractivity contribution is -0.131. The zero-order valence-electron chi connectivity index (χ0n) is 12.7. The number of fused-ring (bicyclic) bond motifs is 1. The van der Waals surface area contributed by atoms with Crippen molar-refractivity contribution < 1.29 is 4.79 Å². The van der Waals surface area contributed by atoms with Crippen LogP contribution in [0.3, 0.4) is 0 Å². The smallest absolute Gasteiger partial charge is 0.222 e. The molecule has 1 saturated heterocycles. The number of carbonyl (C=O) groups excluding carboxylic acids is 1. The largest absolute Gasteiger partial charge is 0.341 e. The molecule has 1 fully saturated rings. The van der Waals surface area contributed by atoms with Crippen LogP contribution in [0.25, 0.3) is 0 Å². The van der Waals surface area contributed by atoms with Gasteiger partial charge in [0, 0.05) is 39.1 Å². The Labute approximate surface area is 127 Å². The van der Waals surface area contributed by atoms with E-state index in [-0.39, 0.29) is 0 Å². The lowest BCUT2D eigenvalue weighted by atomic mass is 10.1. The Kier molecular flexibility index (Phi) is 4.88. The third-order valence-electron chi connectivity index (χ3n) is 4.46. The summed E-state index contributed by atoms with van der Waals surface area (Å²) in [5.41, 5.74) is 2.89. The van der Waals surface area contributed by atoms with Crippen LogP contribution in [0.2, 0.25) is 0 Å². The quantitative estimate of drug-likeness (QED) is 0.914. The molecular weight excluding hydrogens is 262 g/mol. The van der Waals surface area contributed by atoms with E-state index in [1.54, 1.807) is 0 Å². The van der Waals surface area contributed by atoms with E-state index < -0.39 is 0 Å². The van der Waals surface area contributed by atoms with Gasteiger partial charge in [-0.1, -0.05) is 24.3 Å². The Bertz CT molecular complexity index is 456. The monoisotopic (exact) mass is 287 g/mol. The van der Waals surface area contributed by atoms with Crippen LogP contribution < -0.4 is 5.32 Å². The molecule has 114 valence electrons. The maximum atomic E-state index is 12.2. The summed E-state index contributed by atoms with van der Waals surface area (Å²) >= 11 is 0. The first-order chi connectivity index (χ1) is 10.3. The zero-order valence-corrected chi connectivity index (χ0v) is 12.7. The van der Waals surface area contributed by atoms with Crippen molar-refractivity contribution >= 4 is 5.91 Å². The van der Waals surface area contributed by atoms with Gasteiger partial charge in [-0.15, -0.1) is 0 Å². The summed E-state index contributed by atoms with van der Waals surface area (Å²) in [7, 11) is 0. The van der Waals surface area contributed by atoms with E-state index in [4.69, 9.17) is 0 Å². The third kappa shape index (κ3) is 3.83. The Morgan fingerprint density at radius 3 is 2.62 bits per heavy atom. The molecule has 2 aliphatic rings. The van der Waals surface area contributed by atoms with Crippen LogP contribution in [-0.2, 0) is 17.9 Å². The second-order valence-corrected chi connectivity index (χ2v) is 6.07. The molecule has 0 unspecified atom stereocenters. The fourth-order valence-electron chi connectivity index (χ4n) is 3.27. The SMILES string of the molecule is O=C(CCCN1Cc2ccccc2C1)N1CCCNCC1. The predicted octanol–water partition coefficient (Wildman–Crippen LogP) is 1.60. The maximum Gasteiger partial charge on any atom is 0.222 e. The van der Waals surface area contributed by atoms with Crippen molar-refractivity contribution in [2.75, 3.05) is 32.7 Å². The highest BCUT2D eigenvalue weighted by molar-refractivity contribution is 5.76. The molecule has 3 rings (SSSR count). The van der Waals surface area contributed by atoms with Crippen molar-refractivity contribution in [3.8, 4) is 0 Å². The first-order valence-corrected chi connectivity index (χ1v) is 8.10. The van der Waals surface area contributed by atoms with Crippen LogP contribution in [-0.4, -0.2) is 48.4 Å². The lowest BCUT2D eigenvalue weighted by Crippen LogP contribution is -2.34. The average molecular weight is 287 g/mol. The van der Waals surface area contributed by atoms with Gasteiger partial charge >= 0.3 is 0 Å². The van der Waals surface area contributed by atoms with Crippen LogP contribution in [0.15, 0.2) is 24.3 Å². The topological polar surface area (TPSA) is 35.6 Å². The fraction of sp³-hybridized carbons (Fsp3) is 0.588. The summed E-state index contributed by atoms with van der Waals surface area (Å²) in [4.78, 5) is 16.7. The normalized spacial score (nSPS) is 19.3. The molecule has 1 aromatic carbocycles. The number of carbonyl (C=O) groups is 1. The Morgan fingerprint density at radius 2 is 1.86 bits per heavy atom. The van der Waals surface area contributed by atoms with Gasteiger partial charge in [-0.3, -0.25) is 9.69 Å². The van der Waals surface area contributed by atoms with Crippen LogP contribution in [0.4, 0.5) is 0 Å². The number of nitrogens with zero attached hydrogens (tertiary/aromatic N) is 2. The van der Waals surface area contributed by atoms with Crippen molar-refractivity contribution in [2.45, 2.75) is 32.4 Å². The summed E-state index contributed by atoms with van der Waals surface area (Å²) in [5, 5.41) is 3.34. The van der Waals surface area contributed by atoms with Crippen LogP contribution in [0.1, 0.15) is 30.4 Å². The first-order valence-electron chi connectivity index (χ1n) is 8.10. The van der Waals surface area contributed by atoms with Gasteiger partial charge in [-0.05, 0) is 37.1 Å². The van der Waals surface area contributed by atoms with Gasteiger partial charge in [-0.2, -0.15) is 0 Å². The minimum absolute atomic E-state index is 0.329. The van der Waals surface area contributed by atoms with E-state index in [0.29, 0.717) is 12.3 Å². The fourth-order valence-corrected chi connectivity index (χ4v) is 3.27. The summed E-state index contributed by atoms with van der Waals surface area (Å²) in [5.74, 6) is 0.329. The second kappa shape index (κ2) is 7.05. The van der Waals surface area contributed by atoms with Crippen molar-refractivity contribution in [3.63, 3.8) is 0 Å². The van der Waals surface area contributed by atoms with Crippen LogP contribution in [0, 0.1) is 0 Å². The van der Waals surface area contributed by atoms with Gasteiger partial charge in [-0.25, -0.2) is 0 Å². The lowest BCUT2D eigenvalue weighted by Gasteiger charge is -2.21. The molecule has 0 radical (unpaired) electrons. The number of benzene rings is 1. The van der Waals surface area contributed by atoms with Crippen molar-refractivity contribution in [1.29, 1.82) is 0 Å². The Hall–Kier alpha value is -1.39. The minimum Gasteiger partial charge on any atom is -0.341 e. The molecule has 0 aromatic heterocycles. The summed E-state index contributed by atoms with van der Waals surface area (Å²) in [6.45, 7) is 6.86. The third-order valence-corrected chi connectivity index (χ3v) is 4.46. The number of hydrogen-bond acceptors (Lipinski definition) is 3. The molecular formula is C17H25N3O. The standard InChI is InChI=1S/C17H25N3O/c21-17(20-11-4-8-18-9-12-20)7-3-10-19-13-15-5-1-2-6-16(15)14-19/h1-2,5-6,18H,3-4,7-14H2. The van der Waals surface area contributed by atoms with E-state index in [0.717, 1.165) is 58.7 Å². The van der Waals surface area contributed by atoms with E-state index in [1.165, 1.54) is 11.1 Å². The van der Waals surface area contributed by atoms with Crippen molar-refractivity contribution in [3.05, 3.63) is 35.4 Å². The van der Waals surface area contributed by atoms with E-state index in [2.05, 4.69) is 34.5 Å². The molecule has 0 spiro atoms. The molecule has 0 saturated carbocycles. The molecule has 21 heavy (non-hydrogen) atoms. The molecule has 4 heteroatoms. The molecule has 2 heterocycles. The summed E-state index contributed by atoms with van der Waals surface area (Å²) in [6.07, 6.45) is 2.73. The highest BCUT2D eigenvalue weighted by atomic mass is 16.2. The van der Waals surface area contributed by atoms with Crippen LogP contribution in [0.5, 0.6) is 0 Å². The van der Waals surface area contributed by atoms with E-state index in [1.807, 2.05) is 4.90 Å². The Morgan fingerprint density at radius 1 is 1.10 bits per heavy atom. The zero-order chi connectivity index (χ0) is 14.5. The van der Waals surface area contributed by atoms with E-state index in [9.17, 15) is 4.79 Å². The molecule has 4 nitrogen and oxygen atoms in total. The summed E-state index contributed by atoms with van der Waals surface area (Å²) in [6, 6.07) is 8.65. The molecule has 1 N–H and O–H groups in total. The van der Waals surface area contributed by atoms with Gasteiger partial charge in [0.1, 0.15) is 0 Å². The number of rotatable bonds is 4. The molecule has 0 atom stereocenters. The number of nitrogens with one attached hydrogen (secondary N) is 1. The van der Waals surface area contributed by atoms with Crippen molar-refractivity contribution in [2.24, 2.45) is 0 Å². The second-order valence-electron chi connectivity index (χ2n) is 6.07. The first kappa shape index (κ1) is 14.5. The molecule has 1 aromatic rings. The molecule has 0 bridgehead atoms. The Balaban J connectivity index is 1.39. The van der Waals surface area contributed by atoms with Crippen molar-refractivity contribution in [1.82, 2.24) is 15.1 Å². The highest BCUT2D eigenvalue weighted by Gasteiger charge is 2.19. The number of hydrogen-bond donors (Lipinski definition) is 1. The van der Waals surface area contributed by atoms with Gasteiger partial charge in [0.2, 0.25) is 5.91 Å². The molecule has 2 aliphatic heterocycles. The minimum atomic E-state index is 0.329. The molecule has 1 amide bonds. The molecule has 0 aliphatic carbocycles. The van der Waals surface area contributed by atoms with Gasteiger partial charge in [0.05, 0.1) is 0 Å². The van der Waals surface area contributed by atoms with Gasteiger partial charge in [0.15, 0.2) is 0 Å². The van der Waals surface area contributed by atoms with Gasteiger partial charge < -0.3 is 10.2 Å². The highest BCUT2D eigenvalue weighted by Crippen LogP contribution is 2.22.